The van der Waals surface area contributed by atoms with Crippen molar-refractivity contribution in [3.05, 3.63) is 75.6 Å². The fourth-order valence-electron chi connectivity index (χ4n) is 3.62. The van der Waals surface area contributed by atoms with Crippen LogP contribution in [0.5, 0.6) is 5.75 Å². The summed E-state index contributed by atoms with van der Waals surface area (Å²) in [6.45, 7) is 2.56. The van der Waals surface area contributed by atoms with Crippen LogP contribution in [-0.2, 0) is 0 Å². The SMILES string of the molecule is CCCOc1ccc([C@@H]2c3c(oc4ccccc4c3=O)C(=O)N2CCO)cc1. The van der Waals surface area contributed by atoms with E-state index in [0.29, 0.717) is 23.1 Å². The standard InChI is InChI=1S/C22H21NO5/c1-2-13-27-15-9-7-14(8-10-15)19-18-20(25)16-5-3-4-6-17(16)28-21(18)22(26)23(19)11-12-24/h3-10,19,24H,2,11-13H2,1H3/t19-/m1/s1. The summed E-state index contributed by atoms with van der Waals surface area (Å²) in [5.41, 5.74) is 1.25. The molecule has 1 aromatic heterocycles. The highest BCUT2D eigenvalue weighted by Crippen LogP contribution is 2.38. The van der Waals surface area contributed by atoms with Crippen molar-refractivity contribution in [2.75, 3.05) is 19.8 Å². The van der Waals surface area contributed by atoms with E-state index in [-0.39, 0.29) is 30.2 Å². The highest BCUT2D eigenvalue weighted by molar-refractivity contribution is 5.99. The quantitative estimate of drug-likeness (QED) is 0.712. The molecule has 4 rings (SSSR count). The summed E-state index contributed by atoms with van der Waals surface area (Å²) in [5, 5.41) is 9.90. The van der Waals surface area contributed by atoms with Gasteiger partial charge in [0.2, 0.25) is 5.76 Å². The summed E-state index contributed by atoms with van der Waals surface area (Å²) in [6.07, 6.45) is 0.907. The molecule has 0 fully saturated rings. The van der Waals surface area contributed by atoms with E-state index in [4.69, 9.17) is 9.15 Å². The predicted molar refractivity (Wildman–Crippen MR) is 105 cm³/mol. The highest BCUT2D eigenvalue weighted by atomic mass is 16.5. The number of fused-ring (bicyclic) bond motifs is 2. The summed E-state index contributed by atoms with van der Waals surface area (Å²) >= 11 is 0. The molecule has 6 heteroatoms. The Balaban J connectivity index is 1.85. The molecule has 1 amide bonds. The number of aliphatic hydroxyl groups is 1. The second-order valence-corrected chi connectivity index (χ2v) is 6.71. The molecule has 1 N–H and O–H groups in total. The summed E-state index contributed by atoms with van der Waals surface area (Å²) in [6, 6.07) is 13.6. The number of benzene rings is 2. The average molecular weight is 379 g/mol. The Morgan fingerprint density at radius 2 is 1.86 bits per heavy atom. The Labute approximate surface area is 162 Å². The van der Waals surface area contributed by atoms with Crippen LogP contribution in [0.4, 0.5) is 0 Å². The molecule has 0 saturated carbocycles. The molecule has 28 heavy (non-hydrogen) atoms. The summed E-state index contributed by atoms with van der Waals surface area (Å²) < 4.78 is 11.4. The van der Waals surface area contributed by atoms with Gasteiger partial charge < -0.3 is 19.2 Å². The summed E-state index contributed by atoms with van der Waals surface area (Å²) in [4.78, 5) is 27.6. The molecule has 0 saturated heterocycles. The number of carbonyl (C=O) groups is 1. The average Bonchev–Trinajstić information content (AvgIpc) is 3.00. The third-order valence-corrected chi connectivity index (χ3v) is 4.88. The number of aliphatic hydroxyl groups excluding tert-OH is 1. The monoisotopic (exact) mass is 379 g/mol. The zero-order chi connectivity index (χ0) is 19.7. The van der Waals surface area contributed by atoms with Gasteiger partial charge in [-0.3, -0.25) is 9.59 Å². The molecule has 0 spiro atoms. The third-order valence-electron chi connectivity index (χ3n) is 4.88. The third kappa shape index (κ3) is 2.96. The first kappa shape index (κ1) is 18.3. The van der Waals surface area contributed by atoms with Crippen LogP contribution in [0.2, 0.25) is 0 Å². The zero-order valence-electron chi connectivity index (χ0n) is 15.6. The van der Waals surface area contributed by atoms with E-state index < -0.39 is 6.04 Å². The number of ether oxygens (including phenoxy) is 1. The Hall–Kier alpha value is -3.12. The fourth-order valence-corrected chi connectivity index (χ4v) is 3.62. The summed E-state index contributed by atoms with van der Waals surface area (Å²) in [7, 11) is 0. The van der Waals surface area contributed by atoms with Crippen LogP contribution in [0.15, 0.2) is 57.7 Å². The number of hydrogen-bond donors (Lipinski definition) is 1. The second kappa shape index (κ2) is 7.48. The van der Waals surface area contributed by atoms with E-state index >= 15 is 0 Å². The van der Waals surface area contributed by atoms with Gasteiger partial charge in [0, 0.05) is 6.54 Å². The lowest BCUT2D eigenvalue weighted by Crippen LogP contribution is -2.32. The van der Waals surface area contributed by atoms with E-state index in [9.17, 15) is 14.7 Å². The van der Waals surface area contributed by atoms with Crippen molar-refractivity contribution in [2.24, 2.45) is 0 Å². The Bertz CT molecular complexity index is 1070. The maximum Gasteiger partial charge on any atom is 0.290 e. The molecule has 0 aliphatic carbocycles. The lowest BCUT2D eigenvalue weighted by molar-refractivity contribution is 0.0691. The zero-order valence-corrected chi connectivity index (χ0v) is 15.6. The van der Waals surface area contributed by atoms with Crippen LogP contribution >= 0.6 is 0 Å². The van der Waals surface area contributed by atoms with Crippen molar-refractivity contribution >= 4 is 16.9 Å². The molecule has 144 valence electrons. The van der Waals surface area contributed by atoms with Crippen LogP contribution in [-0.4, -0.2) is 35.7 Å². The lowest BCUT2D eigenvalue weighted by atomic mass is 9.98. The number of hydrogen-bond acceptors (Lipinski definition) is 5. The van der Waals surface area contributed by atoms with E-state index in [2.05, 4.69) is 0 Å². The molecular formula is C22H21NO5. The molecule has 2 heterocycles. The minimum Gasteiger partial charge on any atom is -0.494 e. The number of carbonyl (C=O) groups excluding carboxylic acids is 1. The van der Waals surface area contributed by atoms with Crippen LogP contribution in [0.25, 0.3) is 11.0 Å². The van der Waals surface area contributed by atoms with Gasteiger partial charge in [0.1, 0.15) is 11.3 Å². The Morgan fingerprint density at radius 1 is 1.11 bits per heavy atom. The molecule has 1 aliphatic rings. The van der Waals surface area contributed by atoms with Crippen molar-refractivity contribution in [1.82, 2.24) is 4.90 Å². The molecular weight excluding hydrogens is 358 g/mol. The van der Waals surface area contributed by atoms with Gasteiger partial charge in [-0.25, -0.2) is 0 Å². The molecule has 0 radical (unpaired) electrons. The van der Waals surface area contributed by atoms with Crippen molar-refractivity contribution in [2.45, 2.75) is 19.4 Å². The predicted octanol–water partition coefficient (Wildman–Crippen LogP) is 3.12. The fraction of sp³-hybridized carbons (Fsp3) is 0.273. The number of nitrogens with zero attached hydrogens (tertiary/aromatic N) is 1. The normalized spacial score (nSPS) is 15.9. The molecule has 3 aromatic rings. The van der Waals surface area contributed by atoms with Gasteiger partial charge in [0.25, 0.3) is 5.91 Å². The Morgan fingerprint density at radius 3 is 2.57 bits per heavy atom. The van der Waals surface area contributed by atoms with E-state index in [1.807, 2.05) is 31.2 Å². The van der Waals surface area contributed by atoms with Crippen LogP contribution < -0.4 is 10.2 Å². The van der Waals surface area contributed by atoms with Gasteiger partial charge in [0.05, 0.1) is 30.2 Å². The Kier molecular flexibility index (Phi) is 4.88. The molecule has 0 bridgehead atoms. The van der Waals surface area contributed by atoms with E-state index in [1.165, 1.54) is 4.90 Å². The topological polar surface area (TPSA) is 80.0 Å². The molecule has 6 nitrogen and oxygen atoms in total. The first-order valence-electron chi connectivity index (χ1n) is 9.36. The number of amides is 1. The van der Waals surface area contributed by atoms with Crippen LogP contribution in [0.1, 0.15) is 41.1 Å². The maximum atomic E-state index is 13.2. The highest BCUT2D eigenvalue weighted by Gasteiger charge is 2.42. The van der Waals surface area contributed by atoms with Crippen molar-refractivity contribution in [3.8, 4) is 5.75 Å². The molecule has 1 aliphatic heterocycles. The number of para-hydroxylation sites is 1. The van der Waals surface area contributed by atoms with Crippen molar-refractivity contribution < 1.29 is 19.1 Å². The van der Waals surface area contributed by atoms with Crippen LogP contribution in [0, 0.1) is 0 Å². The number of rotatable bonds is 6. The van der Waals surface area contributed by atoms with Gasteiger partial charge in [0.15, 0.2) is 5.43 Å². The minimum absolute atomic E-state index is 0.0495. The van der Waals surface area contributed by atoms with E-state index in [1.54, 1.807) is 24.3 Å². The summed E-state index contributed by atoms with van der Waals surface area (Å²) in [5.74, 6) is 0.395. The van der Waals surface area contributed by atoms with Gasteiger partial charge in [-0.1, -0.05) is 31.2 Å². The maximum absolute atomic E-state index is 13.2. The smallest absolute Gasteiger partial charge is 0.290 e. The van der Waals surface area contributed by atoms with Crippen molar-refractivity contribution in [3.63, 3.8) is 0 Å². The minimum atomic E-state index is -0.601. The van der Waals surface area contributed by atoms with Gasteiger partial charge in [-0.2, -0.15) is 0 Å². The molecule has 1 atom stereocenters. The van der Waals surface area contributed by atoms with Gasteiger partial charge in [-0.05, 0) is 36.2 Å². The van der Waals surface area contributed by atoms with Crippen LogP contribution in [0.3, 0.4) is 0 Å². The second-order valence-electron chi connectivity index (χ2n) is 6.71. The van der Waals surface area contributed by atoms with Gasteiger partial charge in [-0.15, -0.1) is 0 Å². The van der Waals surface area contributed by atoms with Crippen molar-refractivity contribution in [1.29, 1.82) is 0 Å². The first-order chi connectivity index (χ1) is 13.7. The lowest BCUT2D eigenvalue weighted by Gasteiger charge is -2.24. The molecule has 2 aromatic carbocycles. The van der Waals surface area contributed by atoms with E-state index in [0.717, 1.165) is 17.7 Å². The van der Waals surface area contributed by atoms with Gasteiger partial charge >= 0.3 is 0 Å². The first-order valence-corrected chi connectivity index (χ1v) is 9.36. The largest absolute Gasteiger partial charge is 0.494 e. The molecule has 0 unspecified atom stereocenters. The number of β-amino-alcohol motifs (C(OH)–C–C–N with tert-alkyl or cyclic N) is 1.